The number of hydrogen-bond donors (Lipinski definition) is 1. The summed E-state index contributed by atoms with van der Waals surface area (Å²) in [5.74, 6) is 0.718. The third kappa shape index (κ3) is 2.54. The van der Waals surface area contributed by atoms with Crippen molar-refractivity contribution in [1.29, 1.82) is 0 Å². The molecule has 1 unspecified atom stereocenters. The minimum Gasteiger partial charge on any atom is -0.495 e. The summed E-state index contributed by atoms with van der Waals surface area (Å²) in [5, 5.41) is 0. The molecule has 2 N–H and O–H groups in total. The van der Waals surface area contributed by atoms with E-state index in [0.29, 0.717) is 0 Å². The summed E-state index contributed by atoms with van der Waals surface area (Å²) in [7, 11) is 1.62. The molecule has 0 amide bonds. The zero-order chi connectivity index (χ0) is 13.1. The van der Waals surface area contributed by atoms with E-state index in [-0.39, 0.29) is 6.04 Å². The van der Waals surface area contributed by atoms with Crippen molar-refractivity contribution in [2.24, 2.45) is 5.73 Å². The summed E-state index contributed by atoms with van der Waals surface area (Å²) in [6.07, 6.45) is 3.44. The molecular weight excluding hydrogens is 292 g/mol. The average Bonchev–Trinajstić information content (AvgIpc) is 2.41. The molecule has 0 aliphatic rings. The third-order valence-corrected chi connectivity index (χ3v) is 3.83. The van der Waals surface area contributed by atoms with Crippen molar-refractivity contribution in [1.82, 2.24) is 4.98 Å². The molecule has 18 heavy (non-hydrogen) atoms. The van der Waals surface area contributed by atoms with Crippen LogP contribution in [-0.2, 0) is 0 Å². The Bertz CT molecular complexity index is 557. The van der Waals surface area contributed by atoms with Gasteiger partial charge in [0, 0.05) is 10.7 Å². The van der Waals surface area contributed by atoms with Crippen LogP contribution in [0, 0.1) is 6.92 Å². The van der Waals surface area contributed by atoms with Gasteiger partial charge in [0.2, 0.25) is 0 Å². The second kappa shape index (κ2) is 5.50. The number of nitrogens with zero attached hydrogens (tertiary/aromatic N) is 1. The van der Waals surface area contributed by atoms with Crippen LogP contribution in [0.15, 0.2) is 41.1 Å². The van der Waals surface area contributed by atoms with Crippen LogP contribution in [0.3, 0.4) is 0 Å². The first-order valence-corrected chi connectivity index (χ1v) is 6.42. The van der Waals surface area contributed by atoms with Gasteiger partial charge in [0.05, 0.1) is 19.3 Å². The van der Waals surface area contributed by atoms with Crippen LogP contribution in [0.4, 0.5) is 0 Å². The van der Waals surface area contributed by atoms with Crippen molar-refractivity contribution in [2.75, 3.05) is 7.11 Å². The van der Waals surface area contributed by atoms with E-state index in [1.165, 1.54) is 0 Å². The number of halogens is 1. The van der Waals surface area contributed by atoms with E-state index >= 15 is 0 Å². The number of aromatic nitrogens is 1. The number of ether oxygens (including phenoxy) is 1. The molecule has 0 spiro atoms. The summed E-state index contributed by atoms with van der Waals surface area (Å²) in [6, 6.07) is 7.74. The number of pyridine rings is 1. The molecule has 0 saturated heterocycles. The Hall–Kier alpha value is -1.39. The highest BCUT2D eigenvalue weighted by Crippen LogP contribution is 2.28. The molecule has 1 aromatic carbocycles. The molecule has 1 atom stereocenters. The van der Waals surface area contributed by atoms with E-state index in [1.807, 2.05) is 31.2 Å². The lowest BCUT2D eigenvalue weighted by atomic mass is 9.97. The maximum Gasteiger partial charge on any atom is 0.137 e. The standard InChI is InChI=1S/C14H15BrN2O/c1-9-12(4-3-5-13(9)15)14(16)10-6-11(18-2)8-17-7-10/h3-8,14H,16H2,1-2H3. The van der Waals surface area contributed by atoms with Crippen LogP contribution in [0.2, 0.25) is 0 Å². The average molecular weight is 307 g/mol. The highest BCUT2D eigenvalue weighted by Gasteiger charge is 2.13. The van der Waals surface area contributed by atoms with E-state index in [0.717, 1.165) is 26.9 Å². The monoisotopic (exact) mass is 306 g/mol. The number of hydrogen-bond acceptors (Lipinski definition) is 3. The van der Waals surface area contributed by atoms with Gasteiger partial charge in [0.25, 0.3) is 0 Å². The molecule has 0 radical (unpaired) electrons. The third-order valence-electron chi connectivity index (χ3n) is 2.97. The van der Waals surface area contributed by atoms with Gasteiger partial charge >= 0.3 is 0 Å². The maximum absolute atomic E-state index is 6.29. The number of benzene rings is 1. The van der Waals surface area contributed by atoms with Crippen molar-refractivity contribution in [3.8, 4) is 5.75 Å². The first kappa shape index (κ1) is 13.1. The van der Waals surface area contributed by atoms with Gasteiger partial charge in [-0.15, -0.1) is 0 Å². The van der Waals surface area contributed by atoms with Gasteiger partial charge in [-0.1, -0.05) is 28.1 Å². The fourth-order valence-electron chi connectivity index (χ4n) is 1.86. The van der Waals surface area contributed by atoms with Crippen molar-refractivity contribution in [2.45, 2.75) is 13.0 Å². The molecule has 1 heterocycles. The first-order chi connectivity index (χ1) is 8.63. The highest BCUT2D eigenvalue weighted by atomic mass is 79.9. The van der Waals surface area contributed by atoms with Crippen molar-refractivity contribution >= 4 is 15.9 Å². The Morgan fingerprint density at radius 1 is 1.33 bits per heavy atom. The summed E-state index contributed by atoms with van der Waals surface area (Å²) in [4.78, 5) is 4.14. The zero-order valence-electron chi connectivity index (χ0n) is 10.4. The number of methoxy groups -OCH3 is 1. The Balaban J connectivity index is 2.41. The Morgan fingerprint density at radius 3 is 2.83 bits per heavy atom. The molecule has 0 bridgehead atoms. The maximum atomic E-state index is 6.29. The van der Waals surface area contributed by atoms with Gasteiger partial charge in [-0.05, 0) is 35.7 Å². The predicted octanol–water partition coefficient (Wildman–Crippen LogP) is 3.21. The van der Waals surface area contributed by atoms with E-state index in [4.69, 9.17) is 10.5 Å². The number of nitrogens with two attached hydrogens (primary N) is 1. The van der Waals surface area contributed by atoms with Crippen LogP contribution < -0.4 is 10.5 Å². The van der Waals surface area contributed by atoms with Gasteiger partial charge in [0.15, 0.2) is 0 Å². The summed E-state index contributed by atoms with van der Waals surface area (Å²) in [5.41, 5.74) is 9.46. The molecule has 1 aromatic heterocycles. The molecule has 4 heteroatoms. The second-order valence-corrected chi connectivity index (χ2v) is 4.94. The van der Waals surface area contributed by atoms with Crippen LogP contribution in [-0.4, -0.2) is 12.1 Å². The largest absolute Gasteiger partial charge is 0.495 e. The van der Waals surface area contributed by atoms with E-state index < -0.39 is 0 Å². The molecule has 2 rings (SSSR count). The van der Waals surface area contributed by atoms with Gasteiger partial charge in [-0.3, -0.25) is 4.98 Å². The molecule has 3 nitrogen and oxygen atoms in total. The van der Waals surface area contributed by atoms with Crippen molar-refractivity contribution in [3.63, 3.8) is 0 Å². The minimum absolute atomic E-state index is 0.204. The normalized spacial score (nSPS) is 12.2. The van der Waals surface area contributed by atoms with E-state index in [2.05, 4.69) is 20.9 Å². The zero-order valence-corrected chi connectivity index (χ0v) is 11.9. The van der Waals surface area contributed by atoms with Gasteiger partial charge < -0.3 is 10.5 Å². The Morgan fingerprint density at radius 2 is 2.11 bits per heavy atom. The van der Waals surface area contributed by atoms with Gasteiger partial charge in [-0.2, -0.15) is 0 Å². The smallest absolute Gasteiger partial charge is 0.137 e. The van der Waals surface area contributed by atoms with Crippen molar-refractivity contribution in [3.05, 3.63) is 57.8 Å². The van der Waals surface area contributed by atoms with Gasteiger partial charge in [-0.25, -0.2) is 0 Å². The lowest BCUT2D eigenvalue weighted by Crippen LogP contribution is -2.13. The molecule has 0 fully saturated rings. The second-order valence-electron chi connectivity index (χ2n) is 4.09. The van der Waals surface area contributed by atoms with E-state index in [1.54, 1.807) is 19.5 Å². The molecule has 0 aliphatic carbocycles. The highest BCUT2D eigenvalue weighted by molar-refractivity contribution is 9.10. The van der Waals surface area contributed by atoms with Crippen LogP contribution in [0.1, 0.15) is 22.7 Å². The summed E-state index contributed by atoms with van der Waals surface area (Å²) in [6.45, 7) is 2.05. The summed E-state index contributed by atoms with van der Waals surface area (Å²) < 4.78 is 6.23. The summed E-state index contributed by atoms with van der Waals surface area (Å²) >= 11 is 3.52. The molecule has 94 valence electrons. The predicted molar refractivity (Wildman–Crippen MR) is 75.7 cm³/mol. The lowest BCUT2D eigenvalue weighted by Gasteiger charge is -2.16. The first-order valence-electron chi connectivity index (χ1n) is 5.63. The molecule has 0 saturated carbocycles. The fraction of sp³-hybridized carbons (Fsp3) is 0.214. The molecule has 2 aromatic rings. The SMILES string of the molecule is COc1cncc(C(N)c2cccc(Br)c2C)c1. The quantitative estimate of drug-likeness (QED) is 0.947. The van der Waals surface area contributed by atoms with Crippen LogP contribution in [0.5, 0.6) is 5.75 Å². The Labute approximate surface area is 115 Å². The fourth-order valence-corrected chi connectivity index (χ4v) is 2.24. The topological polar surface area (TPSA) is 48.1 Å². The lowest BCUT2D eigenvalue weighted by molar-refractivity contribution is 0.412. The van der Waals surface area contributed by atoms with Crippen molar-refractivity contribution < 1.29 is 4.74 Å². The number of rotatable bonds is 3. The molecule has 0 aliphatic heterocycles. The minimum atomic E-state index is -0.204. The molecular formula is C14H15BrN2O. The Kier molecular flexibility index (Phi) is 3.99. The van der Waals surface area contributed by atoms with Gasteiger partial charge in [0.1, 0.15) is 5.75 Å². The van der Waals surface area contributed by atoms with Crippen LogP contribution >= 0.6 is 15.9 Å². The van der Waals surface area contributed by atoms with E-state index in [9.17, 15) is 0 Å². The van der Waals surface area contributed by atoms with Crippen LogP contribution in [0.25, 0.3) is 0 Å².